The molecule has 0 spiro atoms. The van der Waals surface area contributed by atoms with E-state index in [1.807, 2.05) is 0 Å². The molecule has 2 heteroatoms. The highest BCUT2D eigenvalue weighted by molar-refractivity contribution is 7.59. The molecule has 1 aromatic rings. The molecule has 1 nitrogen and oxygen atoms in total. The molecule has 0 heterocycles. The number of benzene rings is 1. The topological polar surface area (TPSA) is 0 Å². The second kappa shape index (κ2) is 9.46. The average molecular weight is 268 g/mol. The Morgan fingerprint density at radius 3 is 1.61 bits per heavy atom. The molecule has 104 valence electrons. The van der Waals surface area contributed by atoms with Crippen LogP contribution in [-0.2, 0) is 6.54 Å². The molecule has 0 aliphatic carbocycles. The van der Waals surface area contributed by atoms with Gasteiger partial charge in [0.1, 0.15) is 6.54 Å². The van der Waals surface area contributed by atoms with Crippen molar-refractivity contribution in [2.45, 2.75) is 46.6 Å². The zero-order chi connectivity index (χ0) is 12.6. The van der Waals surface area contributed by atoms with Gasteiger partial charge in [0, 0.05) is 5.56 Å². The summed E-state index contributed by atoms with van der Waals surface area (Å²) < 4.78 is 1.27. The maximum Gasteiger partial charge on any atom is 0.104 e. The predicted molar refractivity (Wildman–Crippen MR) is 86.3 cm³/mol. The first-order valence-corrected chi connectivity index (χ1v) is 7.15. The van der Waals surface area contributed by atoms with Gasteiger partial charge in [-0.05, 0) is 19.3 Å². The molecule has 0 bridgehead atoms. The standard InChI is InChI=1S/C16H28N.H2S/c1-4-12-17(13-5-2,14-6-3)15-16-10-8-7-9-11-16;/h7-11H,4-6,12-15H2,1-3H3;1H2/q+1;. The molecule has 0 fully saturated rings. The van der Waals surface area contributed by atoms with E-state index >= 15 is 0 Å². The van der Waals surface area contributed by atoms with Crippen LogP contribution in [0.5, 0.6) is 0 Å². The van der Waals surface area contributed by atoms with Gasteiger partial charge in [-0.25, -0.2) is 0 Å². The first-order valence-electron chi connectivity index (χ1n) is 7.15. The van der Waals surface area contributed by atoms with Crippen LogP contribution in [0.1, 0.15) is 45.6 Å². The summed E-state index contributed by atoms with van der Waals surface area (Å²) in [6.07, 6.45) is 3.85. The van der Waals surface area contributed by atoms with E-state index in [-0.39, 0.29) is 13.5 Å². The lowest BCUT2D eigenvalue weighted by molar-refractivity contribution is -0.941. The molecule has 0 aliphatic heterocycles. The molecule has 18 heavy (non-hydrogen) atoms. The van der Waals surface area contributed by atoms with Crippen LogP contribution in [0.3, 0.4) is 0 Å². The normalized spacial score (nSPS) is 11.1. The largest absolute Gasteiger partial charge is 0.320 e. The summed E-state index contributed by atoms with van der Waals surface area (Å²) in [5.41, 5.74) is 1.49. The SMILES string of the molecule is CCC[N+](CCC)(CCC)Cc1ccccc1.S. The van der Waals surface area contributed by atoms with Gasteiger partial charge in [0.15, 0.2) is 0 Å². The summed E-state index contributed by atoms with van der Waals surface area (Å²) in [5.74, 6) is 0. The lowest BCUT2D eigenvalue weighted by Crippen LogP contribution is -2.48. The summed E-state index contributed by atoms with van der Waals surface area (Å²) in [7, 11) is 0. The second-order valence-electron chi connectivity index (χ2n) is 5.16. The van der Waals surface area contributed by atoms with Gasteiger partial charge < -0.3 is 4.48 Å². The maximum atomic E-state index is 2.31. The quantitative estimate of drug-likeness (QED) is 0.615. The van der Waals surface area contributed by atoms with Crippen LogP contribution in [0.15, 0.2) is 30.3 Å². The fourth-order valence-corrected chi connectivity index (χ4v) is 2.97. The molecule has 1 rings (SSSR count). The molecule has 0 saturated carbocycles. The van der Waals surface area contributed by atoms with Gasteiger partial charge in [-0.15, -0.1) is 0 Å². The van der Waals surface area contributed by atoms with Gasteiger partial charge in [-0.2, -0.15) is 13.5 Å². The Labute approximate surface area is 120 Å². The zero-order valence-corrected chi connectivity index (χ0v) is 13.3. The third-order valence-electron chi connectivity index (χ3n) is 3.45. The Morgan fingerprint density at radius 2 is 1.22 bits per heavy atom. The molecule has 1 aromatic carbocycles. The van der Waals surface area contributed by atoms with Crippen LogP contribution in [0.2, 0.25) is 0 Å². The van der Waals surface area contributed by atoms with Crippen molar-refractivity contribution in [1.29, 1.82) is 0 Å². The molecule has 0 amide bonds. The number of quaternary nitrogens is 1. The first-order chi connectivity index (χ1) is 8.26. The molecule has 0 radical (unpaired) electrons. The highest BCUT2D eigenvalue weighted by Crippen LogP contribution is 2.17. The number of hydrogen-bond acceptors (Lipinski definition) is 0. The van der Waals surface area contributed by atoms with Crippen LogP contribution < -0.4 is 0 Å². The van der Waals surface area contributed by atoms with E-state index in [4.69, 9.17) is 0 Å². The minimum absolute atomic E-state index is 0. The fraction of sp³-hybridized carbons (Fsp3) is 0.625. The maximum absolute atomic E-state index is 2.31. The van der Waals surface area contributed by atoms with Gasteiger partial charge in [-0.1, -0.05) is 51.1 Å². The summed E-state index contributed by atoms with van der Waals surface area (Å²) in [4.78, 5) is 0. The molecule has 0 atom stereocenters. The van der Waals surface area contributed by atoms with Crippen molar-refractivity contribution in [2.24, 2.45) is 0 Å². The van der Waals surface area contributed by atoms with Crippen molar-refractivity contribution in [3.05, 3.63) is 35.9 Å². The van der Waals surface area contributed by atoms with Crippen LogP contribution in [0, 0.1) is 0 Å². The van der Waals surface area contributed by atoms with E-state index in [0.717, 1.165) is 0 Å². The van der Waals surface area contributed by atoms with Crippen molar-refractivity contribution in [3.63, 3.8) is 0 Å². The van der Waals surface area contributed by atoms with Crippen molar-refractivity contribution in [3.8, 4) is 0 Å². The average Bonchev–Trinajstić information content (AvgIpc) is 2.31. The smallest absolute Gasteiger partial charge is 0.104 e. The van der Waals surface area contributed by atoms with E-state index in [1.54, 1.807) is 0 Å². The molecule has 0 saturated heterocycles. The summed E-state index contributed by atoms with van der Waals surface area (Å²) in [5, 5.41) is 0. The van der Waals surface area contributed by atoms with Crippen LogP contribution in [0.4, 0.5) is 0 Å². The lowest BCUT2D eigenvalue weighted by atomic mass is 10.1. The molecular weight excluding hydrogens is 238 g/mol. The summed E-state index contributed by atoms with van der Waals surface area (Å²) >= 11 is 0. The molecule has 0 N–H and O–H groups in total. The van der Waals surface area contributed by atoms with E-state index in [0.29, 0.717) is 0 Å². The van der Waals surface area contributed by atoms with E-state index in [1.165, 1.54) is 55.5 Å². The number of rotatable bonds is 8. The van der Waals surface area contributed by atoms with Crippen LogP contribution in [-0.4, -0.2) is 24.1 Å². The van der Waals surface area contributed by atoms with Gasteiger partial charge >= 0.3 is 0 Å². The highest BCUT2D eigenvalue weighted by atomic mass is 32.1. The van der Waals surface area contributed by atoms with E-state index in [2.05, 4.69) is 51.1 Å². The number of hydrogen-bond donors (Lipinski definition) is 0. The van der Waals surface area contributed by atoms with Crippen molar-refractivity contribution in [1.82, 2.24) is 0 Å². The third-order valence-corrected chi connectivity index (χ3v) is 3.45. The van der Waals surface area contributed by atoms with Crippen molar-refractivity contribution < 1.29 is 4.48 Å². The second-order valence-corrected chi connectivity index (χ2v) is 5.16. The van der Waals surface area contributed by atoms with E-state index < -0.39 is 0 Å². The predicted octanol–water partition coefficient (Wildman–Crippen LogP) is 4.35. The Hall–Kier alpha value is -0.470. The Kier molecular flexibility index (Phi) is 9.21. The van der Waals surface area contributed by atoms with Crippen LogP contribution >= 0.6 is 13.5 Å². The molecular formula is C16H30NS+. The highest BCUT2D eigenvalue weighted by Gasteiger charge is 2.24. The fourth-order valence-electron chi connectivity index (χ4n) is 2.97. The van der Waals surface area contributed by atoms with Gasteiger partial charge in [0.25, 0.3) is 0 Å². The first kappa shape index (κ1) is 17.5. The summed E-state index contributed by atoms with van der Waals surface area (Å²) in [6, 6.07) is 11.0. The lowest BCUT2D eigenvalue weighted by Gasteiger charge is -2.38. The van der Waals surface area contributed by atoms with Crippen molar-refractivity contribution >= 4 is 13.5 Å². The van der Waals surface area contributed by atoms with Crippen molar-refractivity contribution in [2.75, 3.05) is 19.6 Å². The Bertz CT molecular complexity index is 280. The van der Waals surface area contributed by atoms with Gasteiger partial charge in [0.2, 0.25) is 0 Å². The zero-order valence-electron chi connectivity index (χ0n) is 12.3. The molecule has 0 aliphatic rings. The number of nitrogens with zero attached hydrogens (tertiary/aromatic N) is 1. The van der Waals surface area contributed by atoms with Gasteiger partial charge in [-0.3, -0.25) is 0 Å². The minimum Gasteiger partial charge on any atom is -0.320 e. The van der Waals surface area contributed by atoms with Gasteiger partial charge in [0.05, 0.1) is 19.6 Å². The van der Waals surface area contributed by atoms with E-state index in [9.17, 15) is 0 Å². The van der Waals surface area contributed by atoms with Crippen LogP contribution in [0.25, 0.3) is 0 Å². The minimum atomic E-state index is 0. The molecule has 0 unspecified atom stereocenters. The third kappa shape index (κ3) is 5.45. The Morgan fingerprint density at radius 1 is 0.778 bits per heavy atom. The summed E-state index contributed by atoms with van der Waals surface area (Å²) in [6.45, 7) is 12.1. The molecule has 0 aromatic heterocycles. The Balaban J connectivity index is 0.00000289. The monoisotopic (exact) mass is 268 g/mol.